The Hall–Kier alpha value is -2.67. The van der Waals surface area contributed by atoms with Gasteiger partial charge in [-0.05, 0) is 48.2 Å². The summed E-state index contributed by atoms with van der Waals surface area (Å²) < 4.78 is 0. The van der Waals surface area contributed by atoms with Crippen LogP contribution in [0.2, 0.25) is 0 Å². The number of aryl methyl sites for hydroxylation is 1. The first-order valence-corrected chi connectivity index (χ1v) is 6.91. The normalized spacial score (nSPS) is 11.4. The Labute approximate surface area is 124 Å². The minimum Gasteiger partial charge on any atom is -0.325 e. The smallest absolute Gasteiger partial charge is 0.242 e. The van der Waals surface area contributed by atoms with Crippen molar-refractivity contribution in [2.75, 3.05) is 5.32 Å². The molecule has 0 aliphatic heterocycles. The van der Waals surface area contributed by atoms with E-state index >= 15 is 0 Å². The van der Waals surface area contributed by atoms with Crippen LogP contribution < -0.4 is 5.32 Å². The van der Waals surface area contributed by atoms with E-state index in [1.807, 2.05) is 36.4 Å². The molecule has 1 aromatic carbocycles. The predicted octanol–water partition coefficient (Wildman–Crippen LogP) is 2.96. The van der Waals surface area contributed by atoms with Gasteiger partial charge in [-0.1, -0.05) is 19.1 Å². The number of carbonyl (C=O) groups is 1. The maximum absolute atomic E-state index is 12.2. The number of hydrogen-bond donors (Lipinski definition) is 1. The third-order valence-electron chi connectivity index (χ3n) is 3.29. The number of benzene rings is 1. The number of nitrogens with zero attached hydrogens (tertiary/aromatic N) is 2. The number of carbonyl (C=O) groups excluding carboxylic acids is 1. The van der Waals surface area contributed by atoms with E-state index < -0.39 is 5.92 Å². The fourth-order valence-corrected chi connectivity index (χ4v) is 2.00. The summed E-state index contributed by atoms with van der Waals surface area (Å²) in [5.41, 5.74) is 2.85. The van der Waals surface area contributed by atoms with E-state index in [-0.39, 0.29) is 5.91 Å². The molecule has 0 bridgehead atoms. The second-order valence-corrected chi connectivity index (χ2v) is 4.78. The first kappa shape index (κ1) is 14.7. The lowest BCUT2D eigenvalue weighted by Gasteiger charge is -2.10. The summed E-state index contributed by atoms with van der Waals surface area (Å²) in [5, 5.41) is 12.0. The van der Waals surface area contributed by atoms with Gasteiger partial charge in [0.05, 0.1) is 6.07 Å². The van der Waals surface area contributed by atoms with Crippen LogP contribution in [0, 0.1) is 17.2 Å². The Morgan fingerprint density at radius 3 is 2.43 bits per heavy atom. The van der Waals surface area contributed by atoms with Gasteiger partial charge in [-0.15, -0.1) is 0 Å². The molecule has 0 aliphatic rings. The number of nitriles is 1. The molecule has 2 aromatic rings. The minimum absolute atomic E-state index is 0.279. The number of rotatable bonds is 5. The summed E-state index contributed by atoms with van der Waals surface area (Å²) in [4.78, 5) is 16.1. The van der Waals surface area contributed by atoms with Gasteiger partial charge in [0.2, 0.25) is 5.91 Å². The van der Waals surface area contributed by atoms with Crippen molar-refractivity contribution in [2.24, 2.45) is 5.92 Å². The van der Waals surface area contributed by atoms with E-state index in [1.165, 1.54) is 5.56 Å². The molecule has 1 atom stereocenters. The van der Waals surface area contributed by atoms with Gasteiger partial charge in [0.1, 0.15) is 5.92 Å². The second-order valence-electron chi connectivity index (χ2n) is 4.78. The van der Waals surface area contributed by atoms with Gasteiger partial charge in [-0.25, -0.2) is 0 Å². The van der Waals surface area contributed by atoms with Crippen molar-refractivity contribution >= 4 is 11.6 Å². The molecule has 0 saturated heterocycles. The molecule has 4 heteroatoms. The molecule has 0 aliphatic carbocycles. The largest absolute Gasteiger partial charge is 0.325 e. The van der Waals surface area contributed by atoms with Gasteiger partial charge < -0.3 is 5.32 Å². The van der Waals surface area contributed by atoms with Crippen LogP contribution in [0.3, 0.4) is 0 Å². The van der Waals surface area contributed by atoms with E-state index in [1.54, 1.807) is 12.4 Å². The Balaban J connectivity index is 2.01. The highest BCUT2D eigenvalue weighted by Crippen LogP contribution is 2.13. The first-order valence-electron chi connectivity index (χ1n) is 6.91. The standard InChI is InChI=1S/C17H17N3O/c1-2-13-3-5-16(6-4-13)20-17(21)15(12-18)11-14-7-9-19-10-8-14/h3-10,15H,2,11H2,1H3,(H,20,21)/t15-/m0/s1. The number of anilines is 1. The van der Waals surface area contributed by atoms with Crippen LogP contribution in [0.5, 0.6) is 0 Å². The number of nitrogens with one attached hydrogen (secondary N) is 1. The predicted molar refractivity (Wildman–Crippen MR) is 81.5 cm³/mol. The Morgan fingerprint density at radius 2 is 1.86 bits per heavy atom. The summed E-state index contributed by atoms with van der Waals surface area (Å²) >= 11 is 0. The second kappa shape index (κ2) is 7.20. The molecule has 0 unspecified atom stereocenters. The molecule has 1 N–H and O–H groups in total. The molecule has 0 spiro atoms. The SMILES string of the molecule is CCc1ccc(NC(=O)[C@H](C#N)Cc2ccncc2)cc1. The fraction of sp³-hybridized carbons (Fsp3) is 0.235. The third kappa shape index (κ3) is 4.15. The molecule has 1 amide bonds. The molecule has 21 heavy (non-hydrogen) atoms. The van der Waals surface area contributed by atoms with Crippen LogP contribution in [0.4, 0.5) is 5.69 Å². The monoisotopic (exact) mass is 279 g/mol. The molecular formula is C17H17N3O. The maximum Gasteiger partial charge on any atom is 0.242 e. The maximum atomic E-state index is 12.2. The fourth-order valence-electron chi connectivity index (χ4n) is 2.00. The van der Waals surface area contributed by atoms with E-state index in [4.69, 9.17) is 0 Å². The number of pyridine rings is 1. The summed E-state index contributed by atoms with van der Waals surface area (Å²) in [6.45, 7) is 2.08. The molecule has 1 heterocycles. The van der Waals surface area contributed by atoms with Crippen LogP contribution in [0.25, 0.3) is 0 Å². The highest BCUT2D eigenvalue weighted by Gasteiger charge is 2.18. The molecular weight excluding hydrogens is 262 g/mol. The highest BCUT2D eigenvalue weighted by atomic mass is 16.1. The van der Waals surface area contributed by atoms with Crippen molar-refractivity contribution < 1.29 is 4.79 Å². The third-order valence-corrected chi connectivity index (χ3v) is 3.29. The number of amides is 1. The van der Waals surface area contributed by atoms with Crippen LogP contribution in [-0.2, 0) is 17.6 Å². The van der Waals surface area contributed by atoms with Gasteiger partial charge in [0.15, 0.2) is 0 Å². The number of hydrogen-bond acceptors (Lipinski definition) is 3. The highest BCUT2D eigenvalue weighted by molar-refractivity contribution is 5.94. The summed E-state index contributed by atoms with van der Waals surface area (Å²) in [6, 6.07) is 13.3. The van der Waals surface area contributed by atoms with Crippen molar-refractivity contribution in [3.05, 3.63) is 59.9 Å². The van der Waals surface area contributed by atoms with Gasteiger partial charge in [0.25, 0.3) is 0 Å². The zero-order valence-electron chi connectivity index (χ0n) is 11.9. The topological polar surface area (TPSA) is 65.8 Å². The van der Waals surface area contributed by atoms with Crippen molar-refractivity contribution in [1.29, 1.82) is 5.26 Å². The lowest BCUT2D eigenvalue weighted by molar-refractivity contribution is -0.118. The van der Waals surface area contributed by atoms with Crippen LogP contribution in [0.15, 0.2) is 48.8 Å². The van der Waals surface area contributed by atoms with Crippen LogP contribution in [0.1, 0.15) is 18.1 Å². The Bertz CT molecular complexity index is 629. The van der Waals surface area contributed by atoms with Crippen molar-refractivity contribution in [1.82, 2.24) is 4.98 Å². The molecule has 0 saturated carbocycles. The van der Waals surface area contributed by atoms with Crippen LogP contribution >= 0.6 is 0 Å². The van der Waals surface area contributed by atoms with Crippen LogP contribution in [-0.4, -0.2) is 10.9 Å². The molecule has 2 rings (SSSR count). The zero-order valence-corrected chi connectivity index (χ0v) is 11.9. The van der Waals surface area contributed by atoms with Crippen molar-refractivity contribution in [3.63, 3.8) is 0 Å². The average Bonchev–Trinajstić information content (AvgIpc) is 2.54. The average molecular weight is 279 g/mol. The minimum atomic E-state index is -0.710. The van der Waals surface area contributed by atoms with E-state index in [9.17, 15) is 10.1 Å². The van der Waals surface area contributed by atoms with E-state index in [2.05, 4.69) is 23.3 Å². The van der Waals surface area contributed by atoms with Gasteiger partial charge in [-0.3, -0.25) is 9.78 Å². The molecule has 0 radical (unpaired) electrons. The van der Waals surface area contributed by atoms with Gasteiger partial charge in [0, 0.05) is 18.1 Å². The van der Waals surface area contributed by atoms with E-state index in [0.717, 1.165) is 12.0 Å². The lowest BCUT2D eigenvalue weighted by atomic mass is 10.0. The first-order chi connectivity index (χ1) is 10.2. The van der Waals surface area contributed by atoms with Gasteiger partial charge >= 0.3 is 0 Å². The zero-order chi connectivity index (χ0) is 15.1. The molecule has 4 nitrogen and oxygen atoms in total. The summed E-state index contributed by atoms with van der Waals surface area (Å²) in [6.07, 6.45) is 4.66. The van der Waals surface area contributed by atoms with Gasteiger partial charge in [-0.2, -0.15) is 5.26 Å². The number of aromatic nitrogens is 1. The summed E-state index contributed by atoms with van der Waals surface area (Å²) in [5.74, 6) is -0.989. The molecule has 1 aromatic heterocycles. The van der Waals surface area contributed by atoms with Crippen molar-refractivity contribution in [2.45, 2.75) is 19.8 Å². The molecule has 106 valence electrons. The quantitative estimate of drug-likeness (QED) is 0.915. The summed E-state index contributed by atoms with van der Waals surface area (Å²) in [7, 11) is 0. The van der Waals surface area contributed by atoms with E-state index in [0.29, 0.717) is 12.1 Å². The Kier molecular flexibility index (Phi) is 5.05. The Morgan fingerprint density at radius 1 is 1.19 bits per heavy atom. The van der Waals surface area contributed by atoms with Crippen molar-refractivity contribution in [3.8, 4) is 6.07 Å². The lowest BCUT2D eigenvalue weighted by Crippen LogP contribution is -2.23. The molecule has 0 fully saturated rings.